The van der Waals surface area contributed by atoms with Crippen LogP contribution in [0.2, 0.25) is 0 Å². The summed E-state index contributed by atoms with van der Waals surface area (Å²) in [5, 5.41) is 13.1. The summed E-state index contributed by atoms with van der Waals surface area (Å²) in [7, 11) is 0. The van der Waals surface area contributed by atoms with Gasteiger partial charge in [-0.25, -0.2) is 0 Å². The van der Waals surface area contributed by atoms with Gasteiger partial charge >= 0.3 is 0 Å². The van der Waals surface area contributed by atoms with E-state index < -0.39 is 11.0 Å². The van der Waals surface area contributed by atoms with Crippen molar-refractivity contribution in [1.29, 1.82) is 0 Å². The van der Waals surface area contributed by atoms with Crippen LogP contribution >= 0.6 is 0 Å². The molecule has 6 nitrogen and oxygen atoms in total. The summed E-state index contributed by atoms with van der Waals surface area (Å²) in [6.07, 6.45) is 0. The van der Waals surface area contributed by atoms with Crippen LogP contribution in [0.15, 0.2) is 54.6 Å². The minimum Gasteiger partial charge on any atom is -0.324 e. The van der Waals surface area contributed by atoms with Gasteiger partial charge in [0.15, 0.2) is 0 Å². The molecule has 0 saturated carbocycles. The van der Waals surface area contributed by atoms with Crippen molar-refractivity contribution >= 4 is 17.3 Å². The molecule has 3 N–H and O–H groups in total. The number of nitrogens with zero attached hydrogens (tertiary/aromatic N) is 1. The first-order valence-electron chi connectivity index (χ1n) is 5.94. The number of benzene rings is 2. The van der Waals surface area contributed by atoms with Gasteiger partial charge in [0, 0.05) is 17.8 Å². The predicted molar refractivity (Wildman–Crippen MR) is 75.1 cm³/mol. The highest BCUT2D eigenvalue weighted by atomic mass is 16.6. The summed E-state index contributed by atoms with van der Waals surface area (Å²) in [5.74, 6) is -0.370. The van der Waals surface area contributed by atoms with Gasteiger partial charge in [0.25, 0.3) is 5.69 Å². The summed E-state index contributed by atoms with van der Waals surface area (Å²) in [6.45, 7) is 0. The van der Waals surface area contributed by atoms with Gasteiger partial charge in [0.1, 0.15) is 6.04 Å². The van der Waals surface area contributed by atoms with E-state index >= 15 is 0 Å². The average Bonchev–Trinajstić information content (AvgIpc) is 2.48. The Morgan fingerprint density at radius 3 is 2.25 bits per heavy atom. The third kappa shape index (κ3) is 3.18. The van der Waals surface area contributed by atoms with Crippen molar-refractivity contribution < 1.29 is 9.72 Å². The zero-order valence-electron chi connectivity index (χ0n) is 10.5. The number of hydrogen-bond donors (Lipinski definition) is 2. The van der Waals surface area contributed by atoms with E-state index in [1.165, 1.54) is 24.3 Å². The molecule has 0 aliphatic rings. The number of hydrogen-bond acceptors (Lipinski definition) is 4. The number of amides is 1. The number of nitrogens with two attached hydrogens (primary N) is 1. The highest BCUT2D eigenvalue weighted by molar-refractivity contribution is 5.95. The maximum absolute atomic E-state index is 12.0. The van der Waals surface area contributed by atoms with Crippen LogP contribution in [0.25, 0.3) is 0 Å². The fourth-order valence-electron chi connectivity index (χ4n) is 1.70. The standard InChI is InChI=1S/C14H13N3O3/c15-13(10-4-2-1-3-5-10)14(18)16-11-6-8-12(9-7-11)17(19)20/h1-9,13H,15H2,(H,16,18)/t13-/m0/s1. The third-order valence-corrected chi connectivity index (χ3v) is 2.79. The van der Waals surface area contributed by atoms with E-state index in [0.717, 1.165) is 0 Å². The Morgan fingerprint density at radius 1 is 1.10 bits per heavy atom. The maximum atomic E-state index is 12.0. The van der Waals surface area contributed by atoms with Crippen molar-refractivity contribution in [3.8, 4) is 0 Å². The molecule has 0 radical (unpaired) electrons. The van der Waals surface area contributed by atoms with Crippen LogP contribution in [0.1, 0.15) is 11.6 Å². The summed E-state index contributed by atoms with van der Waals surface area (Å²) in [6, 6.07) is 13.8. The Bertz CT molecular complexity index is 611. The smallest absolute Gasteiger partial charge is 0.269 e. The minimum absolute atomic E-state index is 0.0321. The molecule has 0 bridgehead atoms. The molecule has 2 aromatic rings. The van der Waals surface area contributed by atoms with Crippen molar-refractivity contribution in [2.24, 2.45) is 5.73 Å². The molecule has 0 heterocycles. The molecule has 0 saturated heterocycles. The Balaban J connectivity index is 2.06. The SMILES string of the molecule is N[C@H](C(=O)Nc1ccc([N+](=O)[O-])cc1)c1ccccc1. The predicted octanol–water partition coefficient (Wildman–Crippen LogP) is 2.23. The number of nitrogens with one attached hydrogen (secondary N) is 1. The maximum Gasteiger partial charge on any atom is 0.269 e. The number of anilines is 1. The molecule has 20 heavy (non-hydrogen) atoms. The lowest BCUT2D eigenvalue weighted by Crippen LogP contribution is -2.27. The van der Waals surface area contributed by atoms with Crippen LogP contribution in [0, 0.1) is 10.1 Å². The zero-order valence-corrected chi connectivity index (χ0v) is 10.5. The highest BCUT2D eigenvalue weighted by Gasteiger charge is 2.15. The minimum atomic E-state index is -0.786. The van der Waals surface area contributed by atoms with Crippen molar-refractivity contribution in [3.63, 3.8) is 0 Å². The van der Waals surface area contributed by atoms with E-state index in [-0.39, 0.29) is 11.6 Å². The normalized spacial score (nSPS) is 11.7. The fourth-order valence-corrected chi connectivity index (χ4v) is 1.70. The zero-order chi connectivity index (χ0) is 14.5. The molecule has 6 heteroatoms. The lowest BCUT2D eigenvalue weighted by atomic mass is 10.1. The summed E-state index contributed by atoms with van der Waals surface area (Å²) in [5.41, 5.74) is 6.98. The number of carbonyl (C=O) groups excluding carboxylic acids is 1. The lowest BCUT2D eigenvalue weighted by Gasteiger charge is -2.12. The van der Waals surface area contributed by atoms with E-state index in [4.69, 9.17) is 5.73 Å². The van der Waals surface area contributed by atoms with Gasteiger partial charge in [-0.2, -0.15) is 0 Å². The van der Waals surface area contributed by atoms with Crippen molar-refractivity contribution in [2.75, 3.05) is 5.32 Å². The van der Waals surface area contributed by atoms with Crippen molar-refractivity contribution in [2.45, 2.75) is 6.04 Å². The third-order valence-electron chi connectivity index (χ3n) is 2.79. The van der Waals surface area contributed by atoms with Gasteiger partial charge in [-0.3, -0.25) is 14.9 Å². The quantitative estimate of drug-likeness (QED) is 0.658. The number of nitro groups is 1. The van der Waals surface area contributed by atoms with E-state index in [1.807, 2.05) is 6.07 Å². The number of rotatable bonds is 4. The van der Waals surface area contributed by atoms with Crippen LogP contribution in [0.5, 0.6) is 0 Å². The molecule has 2 rings (SSSR count). The average molecular weight is 271 g/mol. The molecular weight excluding hydrogens is 258 g/mol. The summed E-state index contributed by atoms with van der Waals surface area (Å²) < 4.78 is 0. The fraction of sp³-hybridized carbons (Fsp3) is 0.0714. The molecule has 0 aromatic heterocycles. The van der Waals surface area contributed by atoms with Gasteiger partial charge < -0.3 is 11.1 Å². The molecule has 0 spiro atoms. The van der Waals surface area contributed by atoms with E-state index in [0.29, 0.717) is 11.3 Å². The first-order chi connectivity index (χ1) is 9.58. The van der Waals surface area contributed by atoms with Crippen molar-refractivity contribution in [1.82, 2.24) is 0 Å². The van der Waals surface area contributed by atoms with Gasteiger partial charge in [-0.1, -0.05) is 30.3 Å². The molecule has 102 valence electrons. The van der Waals surface area contributed by atoms with E-state index in [9.17, 15) is 14.9 Å². The van der Waals surface area contributed by atoms with Crippen LogP contribution in [0.3, 0.4) is 0 Å². The number of carbonyl (C=O) groups is 1. The van der Waals surface area contributed by atoms with Crippen molar-refractivity contribution in [3.05, 3.63) is 70.3 Å². The Labute approximate surface area is 115 Å². The lowest BCUT2D eigenvalue weighted by molar-refractivity contribution is -0.384. The monoisotopic (exact) mass is 271 g/mol. The molecule has 1 atom stereocenters. The van der Waals surface area contributed by atoms with Crippen LogP contribution in [0.4, 0.5) is 11.4 Å². The second-order valence-electron chi connectivity index (χ2n) is 4.18. The summed E-state index contributed by atoms with van der Waals surface area (Å²) in [4.78, 5) is 22.0. The first-order valence-corrected chi connectivity index (χ1v) is 5.94. The van der Waals surface area contributed by atoms with Gasteiger partial charge in [0.2, 0.25) is 5.91 Å². The second-order valence-corrected chi connectivity index (χ2v) is 4.18. The van der Waals surface area contributed by atoms with E-state index in [2.05, 4.69) is 5.32 Å². The topological polar surface area (TPSA) is 98.3 Å². The molecule has 1 amide bonds. The van der Waals surface area contributed by atoms with Gasteiger partial charge in [0.05, 0.1) is 4.92 Å². The van der Waals surface area contributed by atoms with Crippen LogP contribution in [-0.2, 0) is 4.79 Å². The van der Waals surface area contributed by atoms with E-state index in [1.54, 1.807) is 24.3 Å². The molecule has 0 fully saturated rings. The Morgan fingerprint density at radius 2 is 1.70 bits per heavy atom. The molecule has 0 unspecified atom stereocenters. The summed E-state index contributed by atoms with van der Waals surface area (Å²) >= 11 is 0. The first kappa shape index (κ1) is 13.7. The Hall–Kier alpha value is -2.73. The molecule has 0 aliphatic heterocycles. The van der Waals surface area contributed by atoms with Gasteiger partial charge in [-0.15, -0.1) is 0 Å². The Kier molecular flexibility index (Phi) is 4.07. The van der Waals surface area contributed by atoms with Crippen LogP contribution in [-0.4, -0.2) is 10.8 Å². The molecule has 0 aliphatic carbocycles. The van der Waals surface area contributed by atoms with Crippen LogP contribution < -0.4 is 11.1 Å². The number of non-ortho nitro benzene ring substituents is 1. The highest BCUT2D eigenvalue weighted by Crippen LogP contribution is 2.17. The van der Waals surface area contributed by atoms with Gasteiger partial charge in [-0.05, 0) is 17.7 Å². The number of nitro benzene ring substituents is 1. The molecule has 2 aromatic carbocycles. The largest absolute Gasteiger partial charge is 0.324 e. The second kappa shape index (κ2) is 5.94. The molecular formula is C14H13N3O3.